The maximum absolute atomic E-state index is 10.3. The van der Waals surface area contributed by atoms with Crippen LogP contribution < -0.4 is 5.73 Å². The lowest BCUT2D eigenvalue weighted by Gasteiger charge is -2.68. The lowest BCUT2D eigenvalue weighted by molar-refractivity contribution is -0.306. The standard InChI is InChI=1S/C29H37NO3/c1-27(2)25-12-13-29(33-27)20-5-3-4-19(16-20)22-9-6-18(24-17-21(32)8-10-23(22)24)7-11-26(29)28(25,30)14-15-31/h6,8-10,17-20,22,25-26,31-32H,3-5,12-16,30H2,1-2H3. The molecule has 4 N–H and O–H groups in total. The van der Waals surface area contributed by atoms with Gasteiger partial charge in [-0.2, -0.15) is 0 Å². The zero-order chi connectivity index (χ0) is 23.0. The van der Waals surface area contributed by atoms with Gasteiger partial charge in [-0.25, -0.2) is 0 Å². The number of benzene rings is 1. The molecule has 7 rings (SSSR count). The smallest absolute Gasteiger partial charge is 0.115 e. The van der Waals surface area contributed by atoms with Crippen molar-refractivity contribution in [3.05, 3.63) is 41.5 Å². The highest BCUT2D eigenvalue weighted by molar-refractivity contribution is 5.50. The molecule has 4 aliphatic carbocycles. The Morgan fingerprint density at radius 2 is 1.97 bits per heavy atom. The Morgan fingerprint density at radius 3 is 2.76 bits per heavy atom. The van der Waals surface area contributed by atoms with Crippen LogP contribution in [0.3, 0.4) is 0 Å². The van der Waals surface area contributed by atoms with E-state index in [2.05, 4.69) is 43.9 Å². The number of aliphatic hydroxyl groups excluding tert-OH is 1. The van der Waals surface area contributed by atoms with Crippen LogP contribution in [0.2, 0.25) is 0 Å². The van der Waals surface area contributed by atoms with Gasteiger partial charge in [0.05, 0.1) is 23.0 Å². The van der Waals surface area contributed by atoms with E-state index in [0.717, 1.165) is 31.2 Å². The molecule has 0 aromatic heterocycles. The second-order valence-electron chi connectivity index (χ2n) is 11.9. The zero-order valence-corrected chi connectivity index (χ0v) is 19.9. The van der Waals surface area contributed by atoms with Crippen molar-refractivity contribution in [2.45, 2.75) is 87.4 Å². The van der Waals surface area contributed by atoms with E-state index >= 15 is 0 Å². The van der Waals surface area contributed by atoms with Crippen molar-refractivity contribution in [2.24, 2.45) is 29.4 Å². The molecule has 6 bridgehead atoms. The second kappa shape index (κ2) is 7.35. The van der Waals surface area contributed by atoms with Crippen LogP contribution >= 0.6 is 0 Å². The number of phenols is 1. The van der Waals surface area contributed by atoms with Crippen LogP contribution in [0, 0.1) is 35.5 Å². The molecule has 33 heavy (non-hydrogen) atoms. The van der Waals surface area contributed by atoms with Gasteiger partial charge in [0.1, 0.15) is 5.75 Å². The largest absolute Gasteiger partial charge is 0.508 e. The summed E-state index contributed by atoms with van der Waals surface area (Å²) in [5, 5.41) is 20.4. The van der Waals surface area contributed by atoms with Gasteiger partial charge in [-0.3, -0.25) is 0 Å². The van der Waals surface area contributed by atoms with Crippen molar-refractivity contribution in [1.29, 1.82) is 0 Å². The van der Waals surface area contributed by atoms with Crippen LogP contribution in [0.15, 0.2) is 30.4 Å². The van der Waals surface area contributed by atoms with Crippen molar-refractivity contribution < 1.29 is 14.9 Å². The van der Waals surface area contributed by atoms with Crippen LogP contribution in [0.4, 0.5) is 0 Å². The summed E-state index contributed by atoms with van der Waals surface area (Å²) in [6.45, 7) is 4.49. The van der Waals surface area contributed by atoms with Crippen molar-refractivity contribution in [3.63, 3.8) is 0 Å². The normalized spacial score (nSPS) is 44.2. The van der Waals surface area contributed by atoms with Gasteiger partial charge in [-0.1, -0.05) is 36.5 Å². The summed E-state index contributed by atoms with van der Waals surface area (Å²) in [4.78, 5) is 0. The average molecular weight is 448 g/mol. The molecule has 6 aliphatic rings. The zero-order valence-electron chi connectivity index (χ0n) is 19.9. The van der Waals surface area contributed by atoms with Gasteiger partial charge in [0.15, 0.2) is 0 Å². The van der Waals surface area contributed by atoms with Gasteiger partial charge >= 0.3 is 0 Å². The van der Waals surface area contributed by atoms with E-state index in [1.54, 1.807) is 0 Å². The van der Waals surface area contributed by atoms with Crippen LogP contribution in [0.25, 0.3) is 0 Å². The summed E-state index contributed by atoms with van der Waals surface area (Å²) in [5.74, 6) is 8.96. The first-order valence-corrected chi connectivity index (χ1v) is 12.9. The molecule has 1 spiro atoms. The molecule has 4 nitrogen and oxygen atoms in total. The molecule has 2 saturated carbocycles. The van der Waals surface area contributed by atoms with Crippen molar-refractivity contribution >= 4 is 0 Å². The first-order chi connectivity index (χ1) is 15.8. The molecule has 2 heterocycles. The number of fused-ring (bicyclic) bond motifs is 10. The topological polar surface area (TPSA) is 75.7 Å². The quantitative estimate of drug-likeness (QED) is 0.457. The molecule has 1 aromatic rings. The maximum Gasteiger partial charge on any atom is 0.115 e. The van der Waals surface area contributed by atoms with Crippen molar-refractivity contribution in [3.8, 4) is 17.6 Å². The minimum Gasteiger partial charge on any atom is -0.508 e. The first kappa shape index (κ1) is 21.7. The van der Waals surface area contributed by atoms with Crippen molar-refractivity contribution in [2.75, 3.05) is 6.61 Å². The number of hydrogen-bond donors (Lipinski definition) is 3. The molecular formula is C29H37NO3. The molecule has 4 fully saturated rings. The molecule has 1 aromatic carbocycles. The Morgan fingerprint density at radius 1 is 1.12 bits per heavy atom. The maximum atomic E-state index is 10.3. The van der Waals surface area contributed by atoms with E-state index in [9.17, 15) is 10.2 Å². The van der Waals surface area contributed by atoms with E-state index in [0.29, 0.717) is 29.9 Å². The Bertz CT molecular complexity index is 1050. The van der Waals surface area contributed by atoms with E-state index in [4.69, 9.17) is 10.5 Å². The number of ether oxygens (including phenoxy) is 1. The summed E-state index contributed by atoms with van der Waals surface area (Å²) in [6.07, 6.45) is 11.9. The Kier molecular flexibility index (Phi) is 4.83. The number of hydrogen-bond acceptors (Lipinski definition) is 4. The van der Waals surface area contributed by atoms with E-state index in [1.165, 1.54) is 18.4 Å². The molecular weight excluding hydrogens is 410 g/mol. The summed E-state index contributed by atoms with van der Waals surface area (Å²) in [5.41, 5.74) is 8.54. The highest BCUT2D eigenvalue weighted by Crippen LogP contribution is 2.63. The highest BCUT2D eigenvalue weighted by Gasteiger charge is 2.68. The van der Waals surface area contributed by atoms with Gasteiger partial charge in [-0.15, -0.1) is 0 Å². The summed E-state index contributed by atoms with van der Waals surface area (Å²) in [6, 6.07) is 5.85. The molecule has 2 saturated heterocycles. The summed E-state index contributed by atoms with van der Waals surface area (Å²) < 4.78 is 7.13. The fourth-order valence-corrected chi connectivity index (χ4v) is 8.68. The third-order valence-corrected chi connectivity index (χ3v) is 9.91. The molecule has 176 valence electrons. The van der Waals surface area contributed by atoms with Gasteiger partial charge in [-0.05, 0) is 87.5 Å². The predicted octanol–water partition coefficient (Wildman–Crippen LogP) is 4.61. The number of allylic oxidation sites excluding steroid dienone is 2. The average Bonchev–Trinajstić information content (AvgIpc) is 2.79. The first-order valence-electron chi connectivity index (χ1n) is 12.9. The third-order valence-electron chi connectivity index (χ3n) is 9.91. The molecule has 0 radical (unpaired) electrons. The number of phenolic OH excluding ortho intramolecular Hbond substituents is 1. The Hall–Kier alpha value is -1.80. The summed E-state index contributed by atoms with van der Waals surface area (Å²) >= 11 is 0. The highest BCUT2D eigenvalue weighted by atomic mass is 16.5. The van der Waals surface area contributed by atoms with Gasteiger partial charge in [0.25, 0.3) is 0 Å². The fraction of sp³-hybridized carbons (Fsp3) is 0.655. The molecule has 8 atom stereocenters. The SMILES string of the molecule is CC1(C)OC23CCC1C(N)(CCO)C2C#CC1C=CC(c2ccc(O)cc21)C1CCCC3C1. The van der Waals surface area contributed by atoms with Gasteiger partial charge in [0, 0.05) is 24.0 Å². The second-order valence-corrected chi connectivity index (χ2v) is 11.9. The number of nitrogens with two attached hydrogens (primary N) is 1. The fourth-order valence-electron chi connectivity index (χ4n) is 8.68. The van der Waals surface area contributed by atoms with Crippen LogP contribution in [-0.2, 0) is 4.74 Å². The predicted molar refractivity (Wildman–Crippen MR) is 129 cm³/mol. The summed E-state index contributed by atoms with van der Waals surface area (Å²) in [7, 11) is 0. The minimum absolute atomic E-state index is 0.0507. The van der Waals surface area contributed by atoms with Crippen LogP contribution in [0.1, 0.15) is 81.8 Å². The molecule has 0 amide bonds. The van der Waals surface area contributed by atoms with Crippen LogP contribution in [0.5, 0.6) is 5.75 Å². The minimum atomic E-state index is -0.563. The van der Waals surface area contributed by atoms with Crippen LogP contribution in [-0.4, -0.2) is 33.6 Å². The van der Waals surface area contributed by atoms with Gasteiger partial charge in [0.2, 0.25) is 0 Å². The number of aliphatic hydroxyl groups is 1. The Balaban J connectivity index is 1.56. The molecule has 8 unspecified atom stereocenters. The molecule has 2 aliphatic heterocycles. The lowest BCUT2D eigenvalue weighted by Crippen LogP contribution is -2.77. The van der Waals surface area contributed by atoms with E-state index < -0.39 is 5.54 Å². The Labute approximate surface area is 197 Å². The number of aromatic hydroxyl groups is 1. The molecule has 4 heteroatoms. The number of rotatable bonds is 2. The van der Waals surface area contributed by atoms with E-state index in [1.807, 2.05) is 12.1 Å². The monoisotopic (exact) mass is 447 g/mol. The van der Waals surface area contributed by atoms with E-state index in [-0.39, 0.29) is 35.6 Å². The third kappa shape index (κ3) is 3.02. The van der Waals surface area contributed by atoms with Crippen molar-refractivity contribution in [1.82, 2.24) is 0 Å². The lowest BCUT2D eigenvalue weighted by atomic mass is 9.48. The van der Waals surface area contributed by atoms with Gasteiger partial charge < -0.3 is 20.7 Å².